The molecule has 0 aromatic rings. The van der Waals surface area contributed by atoms with Crippen molar-refractivity contribution in [3.8, 4) is 0 Å². The Hall–Kier alpha value is -2.05. The number of allylic oxidation sites excluding steroid dienone is 8. The van der Waals surface area contributed by atoms with Crippen LogP contribution < -0.4 is 0 Å². The molecule has 2 aliphatic rings. The summed E-state index contributed by atoms with van der Waals surface area (Å²) in [5, 5.41) is 72.2. The molecule has 0 saturated carbocycles. The van der Waals surface area contributed by atoms with E-state index in [9.17, 15) is 40.5 Å². The zero-order valence-corrected chi connectivity index (χ0v) is 43.5. The van der Waals surface area contributed by atoms with Gasteiger partial charge in [-0.15, -0.1) is 0 Å². The van der Waals surface area contributed by atoms with Crippen molar-refractivity contribution in [3.63, 3.8) is 0 Å². The Morgan fingerprint density at radius 1 is 0.486 bits per heavy atom. The molecule has 11 atom stereocenters. The molecule has 2 heterocycles. The van der Waals surface area contributed by atoms with Crippen molar-refractivity contribution in [2.24, 2.45) is 0 Å². The average molecular weight is 997 g/mol. The largest absolute Gasteiger partial charge is 0.457 e. The van der Waals surface area contributed by atoms with Gasteiger partial charge in [0.15, 0.2) is 12.6 Å². The Morgan fingerprint density at radius 2 is 0.929 bits per heavy atom. The number of ether oxygens (including phenoxy) is 6. The van der Waals surface area contributed by atoms with Gasteiger partial charge >= 0.3 is 5.97 Å². The first-order chi connectivity index (χ1) is 34.1. The number of carbonyl (C=O) groups is 1. The number of rotatable bonds is 44. The highest BCUT2D eigenvalue weighted by Gasteiger charge is 2.47. The molecule has 0 amide bonds. The standard InChI is InChI=1S/C56H100O14/c1-3-5-7-9-11-13-15-17-19-20-21-22-23-24-26-28-30-32-34-36-38-40-65-42-45(68-48(58)39-37-35-33-31-29-27-25-18-16-14-12-10-8-6-4-2)43-66-55-54(64)52(62)50(60)47(70-55)44-67-56-53(63)51(61)49(59)46(41-57)69-56/h6,8,12,14,18,25,29,31,45-47,49-57,59-64H,3-5,7,9-11,13,15-17,19-24,26-28,30,32-44H2,1-2H3/b8-6-,14-12-,25-18-,31-29-. The van der Waals surface area contributed by atoms with E-state index in [0.717, 1.165) is 57.8 Å². The maximum Gasteiger partial charge on any atom is 0.306 e. The van der Waals surface area contributed by atoms with Gasteiger partial charge < -0.3 is 64.2 Å². The lowest BCUT2D eigenvalue weighted by Gasteiger charge is -2.42. The van der Waals surface area contributed by atoms with E-state index in [1.54, 1.807) is 0 Å². The molecule has 0 aromatic heterocycles. The molecule has 7 N–H and O–H groups in total. The topological polar surface area (TPSA) is 214 Å². The van der Waals surface area contributed by atoms with Crippen LogP contribution in [0.2, 0.25) is 0 Å². The van der Waals surface area contributed by atoms with Gasteiger partial charge in [-0.3, -0.25) is 4.79 Å². The summed E-state index contributed by atoms with van der Waals surface area (Å²) in [7, 11) is 0. The van der Waals surface area contributed by atoms with Gasteiger partial charge in [0.05, 0.1) is 26.4 Å². The normalized spacial score (nSPS) is 25.8. The zero-order valence-electron chi connectivity index (χ0n) is 43.5. The summed E-state index contributed by atoms with van der Waals surface area (Å²) in [6.45, 7) is 3.54. The van der Waals surface area contributed by atoms with Crippen LogP contribution in [0.3, 0.4) is 0 Å². The number of hydrogen-bond donors (Lipinski definition) is 7. The fourth-order valence-electron chi connectivity index (χ4n) is 8.63. The molecule has 14 nitrogen and oxygen atoms in total. The lowest BCUT2D eigenvalue weighted by atomic mass is 9.98. The summed E-state index contributed by atoms with van der Waals surface area (Å²) in [6, 6.07) is 0. The van der Waals surface area contributed by atoms with Crippen LogP contribution in [0.15, 0.2) is 48.6 Å². The van der Waals surface area contributed by atoms with Crippen LogP contribution >= 0.6 is 0 Å². The Balaban J connectivity index is 1.73. The summed E-state index contributed by atoms with van der Waals surface area (Å²) in [4.78, 5) is 13.0. The van der Waals surface area contributed by atoms with Gasteiger partial charge in [0.25, 0.3) is 0 Å². The summed E-state index contributed by atoms with van der Waals surface area (Å²) in [5.74, 6) is -0.414. The molecule has 408 valence electrons. The van der Waals surface area contributed by atoms with Crippen molar-refractivity contribution < 1.29 is 69.0 Å². The minimum Gasteiger partial charge on any atom is -0.457 e. The van der Waals surface area contributed by atoms with Crippen LogP contribution in [0.1, 0.15) is 200 Å². The molecule has 14 heteroatoms. The van der Waals surface area contributed by atoms with Crippen molar-refractivity contribution >= 4 is 5.97 Å². The Morgan fingerprint density at radius 3 is 1.43 bits per heavy atom. The van der Waals surface area contributed by atoms with Gasteiger partial charge in [-0.2, -0.15) is 0 Å². The maximum atomic E-state index is 13.0. The molecule has 0 aromatic carbocycles. The van der Waals surface area contributed by atoms with E-state index < -0.39 is 86.7 Å². The van der Waals surface area contributed by atoms with Gasteiger partial charge in [-0.25, -0.2) is 0 Å². The molecule has 11 unspecified atom stereocenters. The van der Waals surface area contributed by atoms with Crippen molar-refractivity contribution in [1.29, 1.82) is 0 Å². The summed E-state index contributed by atoms with van der Waals surface area (Å²) in [5.41, 5.74) is 0. The summed E-state index contributed by atoms with van der Waals surface area (Å²) < 4.78 is 34.3. The third kappa shape index (κ3) is 30.2. The third-order valence-electron chi connectivity index (χ3n) is 13.1. The molecule has 2 fully saturated rings. The van der Waals surface area contributed by atoms with Gasteiger partial charge in [0.1, 0.15) is 54.9 Å². The molecule has 0 aliphatic carbocycles. The van der Waals surface area contributed by atoms with Crippen molar-refractivity contribution in [3.05, 3.63) is 48.6 Å². The zero-order chi connectivity index (χ0) is 50.9. The minimum absolute atomic E-state index is 0.0462. The smallest absolute Gasteiger partial charge is 0.306 e. The van der Waals surface area contributed by atoms with E-state index in [1.165, 1.54) is 116 Å². The third-order valence-corrected chi connectivity index (χ3v) is 13.1. The first-order valence-electron chi connectivity index (χ1n) is 27.7. The lowest BCUT2D eigenvalue weighted by molar-refractivity contribution is -0.332. The van der Waals surface area contributed by atoms with Gasteiger partial charge in [0.2, 0.25) is 0 Å². The van der Waals surface area contributed by atoms with Crippen LogP contribution in [-0.2, 0) is 33.2 Å². The molecule has 2 aliphatic heterocycles. The molecule has 0 radical (unpaired) electrons. The quantitative estimate of drug-likeness (QED) is 0.0172. The molecule has 0 spiro atoms. The second-order valence-corrected chi connectivity index (χ2v) is 19.4. The lowest BCUT2D eigenvalue weighted by Crippen LogP contribution is -2.61. The molecular formula is C56H100O14. The van der Waals surface area contributed by atoms with Gasteiger partial charge in [-0.1, -0.05) is 191 Å². The van der Waals surface area contributed by atoms with E-state index in [1.807, 2.05) is 0 Å². The summed E-state index contributed by atoms with van der Waals surface area (Å²) >= 11 is 0. The highest BCUT2D eigenvalue weighted by atomic mass is 16.7. The van der Waals surface area contributed by atoms with Crippen LogP contribution in [-0.4, -0.2) is 142 Å². The first-order valence-corrected chi connectivity index (χ1v) is 27.7. The fraction of sp³-hybridized carbons (Fsp3) is 0.839. The predicted octanol–water partition coefficient (Wildman–Crippen LogP) is 9.13. The molecule has 70 heavy (non-hydrogen) atoms. The Labute approximate surface area is 422 Å². The molecular weight excluding hydrogens is 897 g/mol. The highest BCUT2D eigenvalue weighted by molar-refractivity contribution is 5.69. The molecule has 2 rings (SSSR count). The monoisotopic (exact) mass is 997 g/mol. The predicted molar refractivity (Wildman–Crippen MR) is 275 cm³/mol. The molecule has 2 saturated heterocycles. The second-order valence-electron chi connectivity index (χ2n) is 19.4. The number of unbranched alkanes of at least 4 members (excludes halogenated alkanes) is 22. The summed E-state index contributed by atoms with van der Waals surface area (Å²) in [6.07, 6.45) is 34.7. The van der Waals surface area contributed by atoms with E-state index in [2.05, 4.69) is 62.5 Å². The highest BCUT2D eigenvalue weighted by Crippen LogP contribution is 2.26. The number of carbonyl (C=O) groups excluding carboxylic acids is 1. The Bertz CT molecular complexity index is 1340. The number of aliphatic hydroxyl groups excluding tert-OH is 7. The van der Waals surface area contributed by atoms with E-state index >= 15 is 0 Å². The molecule has 0 bridgehead atoms. The Kier molecular flexibility index (Phi) is 39.7. The average Bonchev–Trinajstić information content (AvgIpc) is 3.36. The van der Waals surface area contributed by atoms with Crippen molar-refractivity contribution in [2.75, 3.05) is 33.0 Å². The maximum absolute atomic E-state index is 13.0. The van der Waals surface area contributed by atoms with Crippen LogP contribution in [0.5, 0.6) is 0 Å². The number of hydrogen-bond acceptors (Lipinski definition) is 14. The van der Waals surface area contributed by atoms with E-state index in [0.29, 0.717) is 13.0 Å². The van der Waals surface area contributed by atoms with E-state index in [-0.39, 0.29) is 19.6 Å². The van der Waals surface area contributed by atoms with E-state index in [4.69, 9.17) is 28.4 Å². The first kappa shape index (κ1) is 64.1. The fourth-order valence-corrected chi connectivity index (χ4v) is 8.63. The SMILES string of the molecule is CC/C=C\C/C=C\C/C=C\C/C=C\CCCCC(=O)OC(COCCCCCCCCCCCCCCCCCCCCCCC)COC1OC(COC2OC(CO)C(O)C(O)C2O)C(O)C(O)C1O. The van der Waals surface area contributed by atoms with Crippen molar-refractivity contribution in [2.45, 2.75) is 268 Å². The van der Waals surface area contributed by atoms with Crippen LogP contribution in [0, 0.1) is 0 Å². The number of aliphatic hydroxyl groups is 7. The van der Waals surface area contributed by atoms with Crippen LogP contribution in [0.4, 0.5) is 0 Å². The van der Waals surface area contributed by atoms with Gasteiger partial charge in [-0.05, 0) is 51.4 Å². The van der Waals surface area contributed by atoms with Crippen LogP contribution in [0.25, 0.3) is 0 Å². The van der Waals surface area contributed by atoms with Crippen molar-refractivity contribution in [1.82, 2.24) is 0 Å². The van der Waals surface area contributed by atoms with Gasteiger partial charge in [0, 0.05) is 13.0 Å². The minimum atomic E-state index is -1.71. The number of esters is 1. The second kappa shape index (κ2) is 43.4.